The van der Waals surface area contributed by atoms with E-state index in [9.17, 15) is 24.8 Å². The van der Waals surface area contributed by atoms with E-state index in [2.05, 4.69) is 0 Å². The van der Waals surface area contributed by atoms with Crippen LogP contribution >= 0.6 is 34.4 Å². The number of phenols is 1. The monoisotopic (exact) mass is 482 g/mol. The number of nitro groups is 1. The van der Waals surface area contributed by atoms with Crippen molar-refractivity contribution >= 4 is 57.3 Å². The van der Waals surface area contributed by atoms with Crippen molar-refractivity contribution in [3.8, 4) is 5.75 Å². The Morgan fingerprint density at radius 3 is 2.69 bits per heavy atom. The Bertz CT molecular complexity index is 960. The number of carbonyl (C=O) groups excluding carboxylic acids is 2. The summed E-state index contributed by atoms with van der Waals surface area (Å²) in [5.41, 5.74) is 1.10. The molecule has 26 heavy (non-hydrogen) atoms. The third-order valence-corrected chi connectivity index (χ3v) is 5.38. The van der Waals surface area contributed by atoms with Crippen molar-refractivity contribution in [1.29, 1.82) is 0 Å². The first-order valence-corrected chi connectivity index (χ1v) is 9.22. The van der Waals surface area contributed by atoms with E-state index >= 15 is 0 Å². The largest absolute Gasteiger partial charge is 0.507 e. The summed E-state index contributed by atoms with van der Waals surface area (Å²) in [6.07, 6.45) is 1.58. The summed E-state index contributed by atoms with van der Waals surface area (Å²) in [5.74, 6) is -0.309. The summed E-state index contributed by atoms with van der Waals surface area (Å²) in [6, 6.07) is 10.7. The van der Waals surface area contributed by atoms with E-state index in [1.165, 1.54) is 24.3 Å². The van der Waals surface area contributed by atoms with Crippen LogP contribution in [-0.2, 0) is 11.3 Å². The number of imide groups is 1. The van der Waals surface area contributed by atoms with Gasteiger partial charge >= 0.3 is 0 Å². The Kier molecular flexibility index (Phi) is 5.28. The summed E-state index contributed by atoms with van der Waals surface area (Å²) in [5, 5.41) is 20.0. The topological polar surface area (TPSA) is 101 Å². The number of amides is 2. The van der Waals surface area contributed by atoms with Gasteiger partial charge in [0.2, 0.25) is 0 Å². The van der Waals surface area contributed by atoms with Gasteiger partial charge in [0.25, 0.3) is 16.8 Å². The summed E-state index contributed by atoms with van der Waals surface area (Å²) < 4.78 is 0.632. The number of benzene rings is 2. The maximum atomic E-state index is 12.5. The number of non-ortho nitro benzene ring substituents is 1. The predicted molar refractivity (Wildman–Crippen MR) is 105 cm³/mol. The minimum atomic E-state index is -0.524. The van der Waals surface area contributed by atoms with Crippen molar-refractivity contribution in [3.05, 3.63) is 72.2 Å². The molecule has 1 aliphatic rings. The van der Waals surface area contributed by atoms with Gasteiger partial charge in [0.15, 0.2) is 0 Å². The van der Waals surface area contributed by atoms with E-state index < -0.39 is 16.1 Å². The van der Waals surface area contributed by atoms with E-state index in [0.717, 1.165) is 16.7 Å². The van der Waals surface area contributed by atoms with Gasteiger partial charge in [-0.2, -0.15) is 0 Å². The van der Waals surface area contributed by atoms with E-state index in [0.29, 0.717) is 14.7 Å². The molecule has 0 atom stereocenters. The van der Waals surface area contributed by atoms with Gasteiger partial charge in [-0.15, -0.1) is 0 Å². The number of hydrogen-bond donors (Lipinski definition) is 1. The van der Waals surface area contributed by atoms with Crippen LogP contribution in [0.4, 0.5) is 10.5 Å². The lowest BCUT2D eigenvalue weighted by Crippen LogP contribution is -2.27. The van der Waals surface area contributed by atoms with Crippen molar-refractivity contribution in [3.63, 3.8) is 0 Å². The molecule has 0 unspecified atom stereocenters. The van der Waals surface area contributed by atoms with Crippen LogP contribution in [0.1, 0.15) is 11.1 Å². The van der Waals surface area contributed by atoms with E-state index in [1.54, 1.807) is 24.3 Å². The molecule has 0 bridgehead atoms. The molecule has 0 aromatic heterocycles. The Morgan fingerprint density at radius 1 is 1.23 bits per heavy atom. The molecule has 9 heteroatoms. The number of phenolic OH excluding ortho intramolecular Hbond substituents is 1. The van der Waals surface area contributed by atoms with Crippen LogP contribution < -0.4 is 0 Å². The average Bonchev–Trinajstić information content (AvgIpc) is 2.86. The molecule has 1 saturated heterocycles. The highest BCUT2D eigenvalue weighted by Gasteiger charge is 2.35. The fraction of sp³-hybridized carbons (Fsp3) is 0.0588. The van der Waals surface area contributed by atoms with Gasteiger partial charge in [-0.05, 0) is 63.7 Å². The molecule has 1 heterocycles. The third kappa shape index (κ3) is 3.88. The normalized spacial score (nSPS) is 15.7. The number of nitrogens with zero attached hydrogens (tertiary/aromatic N) is 2. The van der Waals surface area contributed by atoms with E-state index in [-0.39, 0.29) is 22.9 Å². The van der Waals surface area contributed by atoms with Gasteiger partial charge in [-0.25, -0.2) is 0 Å². The zero-order valence-corrected chi connectivity index (χ0v) is 16.1. The standard InChI is InChI=1S/C17H11IN2O5S/c18-13-7-10(4-5-14(13)21)8-15-16(22)19(17(23)26-15)9-11-2-1-3-12(6-11)20(24)25/h1-8,21H,9H2. The molecule has 3 rings (SSSR count). The fourth-order valence-corrected chi connectivity index (χ4v) is 3.73. The Hall–Kier alpha value is -2.40. The zero-order valence-electron chi connectivity index (χ0n) is 13.1. The quantitative estimate of drug-likeness (QED) is 0.304. The number of hydrogen-bond acceptors (Lipinski definition) is 6. The van der Waals surface area contributed by atoms with Gasteiger partial charge < -0.3 is 5.11 Å². The molecule has 0 aliphatic carbocycles. The van der Waals surface area contributed by atoms with Crippen LogP contribution in [0.15, 0.2) is 47.4 Å². The molecule has 1 aliphatic heterocycles. The first-order valence-electron chi connectivity index (χ1n) is 7.32. The number of rotatable bonds is 4. The number of aromatic hydroxyl groups is 1. The number of halogens is 1. The van der Waals surface area contributed by atoms with Crippen LogP contribution in [0, 0.1) is 13.7 Å². The molecule has 0 radical (unpaired) electrons. The highest BCUT2D eigenvalue weighted by atomic mass is 127. The van der Waals surface area contributed by atoms with Gasteiger partial charge in [-0.1, -0.05) is 18.2 Å². The second-order valence-electron chi connectivity index (χ2n) is 5.41. The van der Waals surface area contributed by atoms with Crippen LogP contribution in [-0.4, -0.2) is 26.1 Å². The van der Waals surface area contributed by atoms with Crippen LogP contribution in [0.5, 0.6) is 5.75 Å². The molecule has 0 saturated carbocycles. The molecule has 0 spiro atoms. The Labute approximate surface area is 166 Å². The van der Waals surface area contributed by atoms with Crippen LogP contribution in [0.3, 0.4) is 0 Å². The number of thioether (sulfide) groups is 1. The molecule has 132 valence electrons. The van der Waals surface area contributed by atoms with Gasteiger partial charge in [0.1, 0.15) is 5.75 Å². The third-order valence-electron chi connectivity index (χ3n) is 3.61. The lowest BCUT2D eigenvalue weighted by atomic mass is 10.2. The average molecular weight is 482 g/mol. The SMILES string of the molecule is O=C1SC(=Cc2ccc(O)c(I)c2)C(=O)N1Cc1cccc([N+](=O)[O-])c1. The summed E-state index contributed by atoms with van der Waals surface area (Å²) >= 11 is 2.79. The highest BCUT2D eigenvalue weighted by molar-refractivity contribution is 14.1. The summed E-state index contributed by atoms with van der Waals surface area (Å²) in [4.78, 5) is 36.4. The lowest BCUT2D eigenvalue weighted by Gasteiger charge is -2.12. The molecule has 2 amide bonds. The predicted octanol–water partition coefficient (Wildman–Crippen LogP) is 4.14. The molecule has 1 N–H and O–H groups in total. The lowest BCUT2D eigenvalue weighted by molar-refractivity contribution is -0.384. The molecular formula is C17H11IN2O5S. The maximum absolute atomic E-state index is 12.5. The minimum Gasteiger partial charge on any atom is -0.507 e. The number of nitro benzene ring substituents is 1. The first kappa shape index (κ1) is 18.4. The zero-order chi connectivity index (χ0) is 18.8. The fourth-order valence-electron chi connectivity index (χ4n) is 2.35. The van der Waals surface area contributed by atoms with Crippen molar-refractivity contribution < 1.29 is 19.6 Å². The molecule has 7 nitrogen and oxygen atoms in total. The van der Waals surface area contributed by atoms with Crippen LogP contribution in [0.2, 0.25) is 0 Å². The van der Waals surface area contributed by atoms with Gasteiger partial charge in [0, 0.05) is 12.1 Å². The maximum Gasteiger partial charge on any atom is 0.293 e. The minimum absolute atomic E-state index is 0.0310. The van der Waals surface area contributed by atoms with Crippen molar-refractivity contribution in [2.24, 2.45) is 0 Å². The van der Waals surface area contributed by atoms with Crippen molar-refractivity contribution in [2.45, 2.75) is 6.54 Å². The first-order chi connectivity index (χ1) is 12.3. The Morgan fingerprint density at radius 2 is 2.00 bits per heavy atom. The second kappa shape index (κ2) is 7.46. The highest BCUT2D eigenvalue weighted by Crippen LogP contribution is 2.34. The van der Waals surface area contributed by atoms with Crippen molar-refractivity contribution in [2.75, 3.05) is 0 Å². The molecular weight excluding hydrogens is 471 g/mol. The van der Waals surface area contributed by atoms with Crippen LogP contribution in [0.25, 0.3) is 6.08 Å². The molecule has 1 fully saturated rings. The Balaban J connectivity index is 1.82. The molecule has 2 aromatic carbocycles. The van der Waals surface area contributed by atoms with Gasteiger partial charge in [0.05, 0.1) is 19.9 Å². The van der Waals surface area contributed by atoms with Gasteiger partial charge in [-0.3, -0.25) is 24.6 Å². The van der Waals surface area contributed by atoms with E-state index in [1.807, 2.05) is 22.6 Å². The summed E-state index contributed by atoms with van der Waals surface area (Å²) in [7, 11) is 0. The summed E-state index contributed by atoms with van der Waals surface area (Å²) in [6.45, 7) is -0.0310. The molecule has 2 aromatic rings. The second-order valence-corrected chi connectivity index (χ2v) is 7.56. The van der Waals surface area contributed by atoms with E-state index in [4.69, 9.17) is 0 Å². The smallest absolute Gasteiger partial charge is 0.293 e. The number of carbonyl (C=O) groups is 2. The van der Waals surface area contributed by atoms with Crippen molar-refractivity contribution in [1.82, 2.24) is 4.90 Å².